The molecule has 1 saturated heterocycles. The standard InChI is InChI=1S/C19H21NO3/c21-19(20-13-15-6-2-1-3-7-15)16-8-4-9-17(12-16)23-14-18-10-5-11-22-18/h1-4,6-9,12,18H,5,10-11,13-14H2,(H,20,21). The summed E-state index contributed by atoms with van der Waals surface area (Å²) in [6.45, 7) is 1.87. The number of benzene rings is 2. The van der Waals surface area contributed by atoms with E-state index in [1.165, 1.54) is 0 Å². The zero-order valence-corrected chi connectivity index (χ0v) is 13.0. The van der Waals surface area contributed by atoms with E-state index in [1.807, 2.05) is 42.5 Å². The molecule has 1 N–H and O–H groups in total. The maximum atomic E-state index is 12.2. The molecule has 1 atom stereocenters. The maximum absolute atomic E-state index is 12.2. The lowest BCUT2D eigenvalue weighted by Gasteiger charge is -2.12. The van der Waals surface area contributed by atoms with Gasteiger partial charge in [0.25, 0.3) is 5.91 Å². The van der Waals surface area contributed by atoms with Gasteiger partial charge < -0.3 is 14.8 Å². The molecular weight excluding hydrogens is 290 g/mol. The Labute approximate surface area is 136 Å². The molecule has 1 aliphatic heterocycles. The van der Waals surface area contributed by atoms with Gasteiger partial charge in [-0.3, -0.25) is 4.79 Å². The van der Waals surface area contributed by atoms with Gasteiger partial charge in [-0.15, -0.1) is 0 Å². The van der Waals surface area contributed by atoms with Crippen LogP contribution in [-0.2, 0) is 11.3 Å². The second-order valence-electron chi connectivity index (χ2n) is 5.64. The van der Waals surface area contributed by atoms with E-state index >= 15 is 0 Å². The van der Waals surface area contributed by atoms with Crippen LogP contribution in [0.4, 0.5) is 0 Å². The number of amides is 1. The summed E-state index contributed by atoms with van der Waals surface area (Å²) in [6, 6.07) is 17.1. The molecule has 23 heavy (non-hydrogen) atoms. The van der Waals surface area contributed by atoms with Gasteiger partial charge in [-0.25, -0.2) is 0 Å². The molecule has 0 radical (unpaired) electrons. The summed E-state index contributed by atoms with van der Waals surface area (Å²) in [5.74, 6) is 0.601. The van der Waals surface area contributed by atoms with Crippen molar-refractivity contribution >= 4 is 5.91 Å². The molecule has 4 heteroatoms. The van der Waals surface area contributed by atoms with Crippen molar-refractivity contribution in [2.45, 2.75) is 25.5 Å². The number of nitrogens with one attached hydrogen (secondary N) is 1. The Balaban J connectivity index is 1.54. The van der Waals surface area contributed by atoms with E-state index < -0.39 is 0 Å². The smallest absolute Gasteiger partial charge is 0.251 e. The Morgan fingerprint density at radius 2 is 2.04 bits per heavy atom. The first-order chi connectivity index (χ1) is 11.3. The van der Waals surface area contributed by atoms with Gasteiger partial charge >= 0.3 is 0 Å². The van der Waals surface area contributed by atoms with Crippen molar-refractivity contribution in [2.75, 3.05) is 13.2 Å². The first-order valence-corrected chi connectivity index (χ1v) is 7.98. The van der Waals surface area contributed by atoms with Gasteiger partial charge in [-0.05, 0) is 36.6 Å². The topological polar surface area (TPSA) is 47.6 Å². The minimum absolute atomic E-state index is 0.101. The molecule has 1 amide bonds. The first-order valence-electron chi connectivity index (χ1n) is 7.98. The average molecular weight is 311 g/mol. The van der Waals surface area contributed by atoms with Gasteiger partial charge in [-0.2, -0.15) is 0 Å². The largest absolute Gasteiger partial charge is 0.491 e. The van der Waals surface area contributed by atoms with Crippen molar-refractivity contribution in [2.24, 2.45) is 0 Å². The number of hydrogen-bond donors (Lipinski definition) is 1. The molecule has 1 unspecified atom stereocenters. The van der Waals surface area contributed by atoms with Crippen LogP contribution in [-0.4, -0.2) is 25.2 Å². The second kappa shape index (κ2) is 7.79. The van der Waals surface area contributed by atoms with Gasteiger partial charge in [-0.1, -0.05) is 36.4 Å². The summed E-state index contributed by atoms with van der Waals surface area (Å²) in [5.41, 5.74) is 1.68. The van der Waals surface area contributed by atoms with Gasteiger partial charge in [0.2, 0.25) is 0 Å². The van der Waals surface area contributed by atoms with Crippen LogP contribution < -0.4 is 10.1 Å². The molecule has 0 bridgehead atoms. The molecule has 2 aromatic carbocycles. The summed E-state index contributed by atoms with van der Waals surface area (Å²) in [7, 11) is 0. The van der Waals surface area contributed by atoms with Crippen molar-refractivity contribution in [3.05, 3.63) is 65.7 Å². The Morgan fingerprint density at radius 1 is 1.17 bits per heavy atom. The van der Waals surface area contributed by atoms with E-state index in [4.69, 9.17) is 9.47 Å². The van der Waals surface area contributed by atoms with Crippen LogP contribution in [0.15, 0.2) is 54.6 Å². The lowest BCUT2D eigenvalue weighted by atomic mass is 10.2. The van der Waals surface area contributed by atoms with E-state index in [-0.39, 0.29) is 12.0 Å². The molecule has 1 heterocycles. The van der Waals surface area contributed by atoms with Crippen LogP contribution in [0.25, 0.3) is 0 Å². The third-order valence-corrected chi connectivity index (χ3v) is 3.85. The Kier molecular flexibility index (Phi) is 5.27. The zero-order chi connectivity index (χ0) is 15.9. The third kappa shape index (κ3) is 4.57. The van der Waals surface area contributed by atoms with Crippen LogP contribution in [0.1, 0.15) is 28.8 Å². The molecule has 0 spiro atoms. The van der Waals surface area contributed by atoms with Crippen molar-refractivity contribution in [3.63, 3.8) is 0 Å². The zero-order valence-electron chi connectivity index (χ0n) is 13.0. The highest BCUT2D eigenvalue weighted by Gasteiger charge is 2.16. The lowest BCUT2D eigenvalue weighted by Crippen LogP contribution is -2.23. The molecule has 1 aliphatic rings. The first kappa shape index (κ1) is 15.6. The molecule has 1 fully saturated rings. The molecular formula is C19H21NO3. The molecule has 0 saturated carbocycles. The van der Waals surface area contributed by atoms with E-state index in [0.29, 0.717) is 24.5 Å². The van der Waals surface area contributed by atoms with E-state index in [2.05, 4.69) is 5.32 Å². The molecule has 3 rings (SSSR count). The molecule has 0 aromatic heterocycles. The summed E-state index contributed by atoms with van der Waals surface area (Å²) >= 11 is 0. The summed E-state index contributed by atoms with van der Waals surface area (Å²) in [6.07, 6.45) is 2.30. The van der Waals surface area contributed by atoms with Gasteiger partial charge in [0.15, 0.2) is 0 Å². The summed E-state index contributed by atoms with van der Waals surface area (Å²) < 4.78 is 11.3. The molecule has 4 nitrogen and oxygen atoms in total. The molecule has 120 valence electrons. The fourth-order valence-corrected chi connectivity index (χ4v) is 2.57. The minimum atomic E-state index is -0.101. The molecule has 2 aromatic rings. The van der Waals surface area contributed by atoms with Crippen LogP contribution in [0, 0.1) is 0 Å². The van der Waals surface area contributed by atoms with Crippen molar-refractivity contribution in [1.29, 1.82) is 0 Å². The fourth-order valence-electron chi connectivity index (χ4n) is 2.57. The maximum Gasteiger partial charge on any atom is 0.251 e. The Morgan fingerprint density at radius 3 is 2.83 bits per heavy atom. The highest BCUT2D eigenvalue weighted by molar-refractivity contribution is 5.94. The van der Waals surface area contributed by atoms with Crippen molar-refractivity contribution in [1.82, 2.24) is 5.32 Å². The highest BCUT2D eigenvalue weighted by atomic mass is 16.5. The predicted molar refractivity (Wildman–Crippen MR) is 88.5 cm³/mol. The predicted octanol–water partition coefficient (Wildman–Crippen LogP) is 3.17. The van der Waals surface area contributed by atoms with E-state index in [0.717, 1.165) is 25.0 Å². The van der Waals surface area contributed by atoms with E-state index in [9.17, 15) is 4.79 Å². The number of ether oxygens (including phenoxy) is 2. The number of hydrogen-bond acceptors (Lipinski definition) is 3. The van der Waals surface area contributed by atoms with Crippen LogP contribution in [0.3, 0.4) is 0 Å². The van der Waals surface area contributed by atoms with Gasteiger partial charge in [0.1, 0.15) is 12.4 Å². The van der Waals surface area contributed by atoms with Crippen molar-refractivity contribution < 1.29 is 14.3 Å². The SMILES string of the molecule is O=C(NCc1ccccc1)c1cccc(OCC2CCCO2)c1. The van der Waals surface area contributed by atoms with Crippen molar-refractivity contribution in [3.8, 4) is 5.75 Å². The highest BCUT2D eigenvalue weighted by Crippen LogP contribution is 2.17. The fraction of sp³-hybridized carbons (Fsp3) is 0.316. The lowest BCUT2D eigenvalue weighted by molar-refractivity contribution is 0.0679. The third-order valence-electron chi connectivity index (χ3n) is 3.85. The average Bonchev–Trinajstić information content (AvgIpc) is 3.12. The van der Waals surface area contributed by atoms with Gasteiger partial charge in [0.05, 0.1) is 6.10 Å². The minimum Gasteiger partial charge on any atom is -0.491 e. The quantitative estimate of drug-likeness (QED) is 0.891. The molecule has 0 aliphatic carbocycles. The number of rotatable bonds is 6. The Bertz CT molecular complexity index is 636. The number of carbonyl (C=O) groups is 1. The summed E-state index contributed by atoms with van der Waals surface area (Å²) in [4.78, 5) is 12.2. The number of carbonyl (C=O) groups excluding carboxylic acids is 1. The monoisotopic (exact) mass is 311 g/mol. The van der Waals surface area contributed by atoms with Gasteiger partial charge in [0, 0.05) is 18.7 Å². The normalized spacial score (nSPS) is 17.0. The van der Waals surface area contributed by atoms with E-state index in [1.54, 1.807) is 12.1 Å². The Hall–Kier alpha value is -2.33. The van der Waals surface area contributed by atoms with Crippen LogP contribution in [0.5, 0.6) is 5.75 Å². The second-order valence-corrected chi connectivity index (χ2v) is 5.64. The van der Waals surface area contributed by atoms with Crippen LogP contribution in [0.2, 0.25) is 0 Å². The summed E-state index contributed by atoms with van der Waals surface area (Å²) in [5, 5.41) is 2.92. The van der Waals surface area contributed by atoms with Crippen LogP contribution >= 0.6 is 0 Å².